The molecule has 1 N–H and O–H groups in total. The van der Waals surface area contributed by atoms with E-state index in [0.717, 1.165) is 26.5 Å². The zero-order valence-corrected chi connectivity index (χ0v) is 21.9. The van der Waals surface area contributed by atoms with Crippen LogP contribution in [0.1, 0.15) is 24.5 Å². The molecule has 14 heteroatoms. The van der Waals surface area contributed by atoms with Gasteiger partial charge in [-0.05, 0) is 54.9 Å². The fourth-order valence-corrected chi connectivity index (χ4v) is 6.80. The highest BCUT2D eigenvalue weighted by Crippen LogP contribution is 2.39. The van der Waals surface area contributed by atoms with Gasteiger partial charge in [-0.25, -0.2) is 13.4 Å². The summed E-state index contributed by atoms with van der Waals surface area (Å²) in [5, 5.41) is 17.4. The van der Waals surface area contributed by atoms with Crippen LogP contribution in [0, 0.1) is 0 Å². The number of hydrogen-bond acceptors (Lipinski definition) is 10. The van der Waals surface area contributed by atoms with E-state index in [4.69, 9.17) is 5.10 Å². The first kappa shape index (κ1) is 23.7. The van der Waals surface area contributed by atoms with Gasteiger partial charge in [-0.15, -0.1) is 10.2 Å². The van der Waals surface area contributed by atoms with Crippen LogP contribution in [0.25, 0.3) is 15.9 Å². The Morgan fingerprint density at radius 2 is 1.94 bits per heavy atom. The van der Waals surface area contributed by atoms with E-state index in [-0.39, 0.29) is 12.5 Å². The van der Waals surface area contributed by atoms with Gasteiger partial charge in [0.15, 0.2) is 10.8 Å². The molecule has 2 aliphatic rings. The van der Waals surface area contributed by atoms with Gasteiger partial charge in [0, 0.05) is 37.0 Å². The van der Waals surface area contributed by atoms with Crippen molar-refractivity contribution in [3.05, 3.63) is 36.0 Å². The Hall–Kier alpha value is -2.65. The number of hydrogen-bond donors (Lipinski definition) is 1. The predicted octanol–water partition coefficient (Wildman–Crippen LogP) is 2.28. The summed E-state index contributed by atoms with van der Waals surface area (Å²) in [6, 6.07) is 9.94. The number of sulfonamides is 1. The van der Waals surface area contributed by atoms with E-state index in [2.05, 4.69) is 20.5 Å². The molecule has 188 valence electrons. The molecule has 0 atom stereocenters. The predicted molar refractivity (Wildman–Crippen MR) is 138 cm³/mol. The number of thiazole rings is 1. The van der Waals surface area contributed by atoms with Crippen LogP contribution in [0.2, 0.25) is 0 Å². The smallest absolute Gasteiger partial charge is 0.240 e. The number of anilines is 1. The Morgan fingerprint density at radius 1 is 1.14 bits per heavy atom. The van der Waals surface area contributed by atoms with Crippen LogP contribution >= 0.6 is 23.1 Å². The summed E-state index contributed by atoms with van der Waals surface area (Å²) in [5.74, 6) is 0.387. The number of amides is 1. The van der Waals surface area contributed by atoms with Crippen molar-refractivity contribution in [3.8, 4) is 0 Å². The summed E-state index contributed by atoms with van der Waals surface area (Å²) in [7, 11) is -3.19. The number of rotatable bonds is 7. The van der Waals surface area contributed by atoms with Crippen molar-refractivity contribution in [3.63, 3.8) is 0 Å². The number of benzene rings is 1. The van der Waals surface area contributed by atoms with Gasteiger partial charge in [-0.3, -0.25) is 9.69 Å². The van der Waals surface area contributed by atoms with Gasteiger partial charge < -0.3 is 5.32 Å². The fraction of sp³-hybridized carbons (Fsp3) is 0.409. The summed E-state index contributed by atoms with van der Waals surface area (Å²) in [5.41, 5.74) is 2.62. The molecule has 36 heavy (non-hydrogen) atoms. The molecule has 0 spiro atoms. The first-order valence-electron chi connectivity index (χ1n) is 11.6. The van der Waals surface area contributed by atoms with Crippen molar-refractivity contribution in [1.82, 2.24) is 34.0 Å². The molecule has 0 bridgehead atoms. The maximum absolute atomic E-state index is 12.6. The molecular weight excluding hydrogens is 520 g/mol. The molecule has 1 saturated heterocycles. The van der Waals surface area contributed by atoms with E-state index in [9.17, 15) is 13.2 Å². The Morgan fingerprint density at radius 3 is 2.69 bits per heavy atom. The van der Waals surface area contributed by atoms with E-state index in [1.165, 1.54) is 46.5 Å². The van der Waals surface area contributed by atoms with Crippen molar-refractivity contribution >= 4 is 60.0 Å². The van der Waals surface area contributed by atoms with Gasteiger partial charge in [0.1, 0.15) is 0 Å². The van der Waals surface area contributed by atoms with E-state index in [1.807, 2.05) is 35.2 Å². The van der Waals surface area contributed by atoms with E-state index < -0.39 is 10.0 Å². The van der Waals surface area contributed by atoms with Crippen molar-refractivity contribution in [2.24, 2.45) is 0 Å². The van der Waals surface area contributed by atoms with Crippen molar-refractivity contribution < 1.29 is 13.2 Å². The summed E-state index contributed by atoms with van der Waals surface area (Å²) in [4.78, 5) is 20.0. The first-order chi connectivity index (χ1) is 17.3. The maximum atomic E-state index is 12.6. The van der Waals surface area contributed by atoms with Crippen LogP contribution in [0.3, 0.4) is 0 Å². The van der Waals surface area contributed by atoms with Gasteiger partial charge in [0.05, 0.1) is 28.7 Å². The molecule has 0 radical (unpaired) electrons. The average molecular weight is 545 g/mol. The van der Waals surface area contributed by atoms with Crippen LogP contribution < -0.4 is 5.32 Å². The van der Waals surface area contributed by atoms with Gasteiger partial charge >= 0.3 is 0 Å². The number of aromatic nitrogens is 5. The molecule has 3 aromatic heterocycles. The Kier molecular flexibility index (Phi) is 6.16. The van der Waals surface area contributed by atoms with Crippen molar-refractivity contribution in [2.45, 2.75) is 28.8 Å². The normalized spacial score (nSPS) is 17.7. The molecule has 1 aliphatic carbocycles. The van der Waals surface area contributed by atoms with Crippen LogP contribution in [0.5, 0.6) is 0 Å². The Labute approximate surface area is 215 Å². The zero-order valence-electron chi connectivity index (χ0n) is 19.5. The standard InChI is InChI=1S/C22H24N8O3S3/c1-36(32,33)29-10-8-28(9-11-29)13-20(31)24-21-23-17-5-4-15(12-18(17)35-21)34-22-26-25-19-7-6-16(14-2-3-14)27-30(19)22/h4-7,12,14H,2-3,8-11,13H2,1H3,(H,23,24,31). The van der Waals surface area contributed by atoms with E-state index in [1.54, 1.807) is 4.52 Å². The van der Waals surface area contributed by atoms with Crippen molar-refractivity contribution in [1.29, 1.82) is 0 Å². The van der Waals surface area contributed by atoms with Gasteiger partial charge in [0.25, 0.3) is 0 Å². The SMILES string of the molecule is CS(=O)(=O)N1CCN(CC(=O)Nc2nc3ccc(Sc4nnc5ccc(C6CC6)nn45)cc3s2)CC1. The van der Waals surface area contributed by atoms with Gasteiger partial charge in [-0.1, -0.05) is 11.3 Å². The van der Waals surface area contributed by atoms with Crippen LogP contribution in [0.15, 0.2) is 40.4 Å². The van der Waals surface area contributed by atoms with E-state index in [0.29, 0.717) is 42.4 Å². The highest BCUT2D eigenvalue weighted by molar-refractivity contribution is 7.99. The van der Waals surface area contributed by atoms with E-state index >= 15 is 0 Å². The van der Waals surface area contributed by atoms with Crippen LogP contribution in [-0.4, -0.2) is 87.3 Å². The molecule has 1 amide bonds. The average Bonchev–Trinajstić information content (AvgIpc) is 3.51. The van der Waals surface area contributed by atoms with Crippen LogP contribution in [-0.2, 0) is 14.8 Å². The molecule has 4 heterocycles. The molecule has 1 saturated carbocycles. The zero-order chi connectivity index (χ0) is 24.9. The lowest BCUT2D eigenvalue weighted by molar-refractivity contribution is -0.117. The summed E-state index contributed by atoms with van der Waals surface area (Å²) < 4.78 is 27.5. The topological polar surface area (TPSA) is 126 Å². The lowest BCUT2D eigenvalue weighted by Gasteiger charge is -2.32. The third-order valence-corrected chi connectivity index (χ3v) is 9.40. The largest absolute Gasteiger partial charge is 0.301 e. The third kappa shape index (κ3) is 5.09. The van der Waals surface area contributed by atoms with Crippen molar-refractivity contribution in [2.75, 3.05) is 44.3 Å². The first-order valence-corrected chi connectivity index (χ1v) is 15.1. The Bertz CT molecular complexity index is 1560. The third-order valence-electron chi connectivity index (χ3n) is 6.23. The van der Waals surface area contributed by atoms with Crippen LogP contribution in [0.4, 0.5) is 5.13 Å². The molecule has 1 aromatic carbocycles. The molecule has 4 aromatic rings. The maximum Gasteiger partial charge on any atom is 0.240 e. The number of piperazine rings is 1. The molecular formula is C22H24N8O3S3. The quantitative estimate of drug-likeness (QED) is 0.373. The van der Waals surface area contributed by atoms with Gasteiger partial charge in [-0.2, -0.15) is 13.9 Å². The fourth-order valence-electron chi connectivity index (χ4n) is 4.15. The summed E-state index contributed by atoms with van der Waals surface area (Å²) >= 11 is 2.91. The minimum atomic E-state index is -3.19. The molecule has 1 aliphatic heterocycles. The minimum Gasteiger partial charge on any atom is -0.301 e. The molecule has 2 fully saturated rings. The number of nitrogens with zero attached hydrogens (tertiary/aromatic N) is 7. The second-order valence-electron chi connectivity index (χ2n) is 9.02. The summed E-state index contributed by atoms with van der Waals surface area (Å²) in [6.07, 6.45) is 3.58. The highest BCUT2D eigenvalue weighted by Gasteiger charge is 2.26. The number of carbonyl (C=O) groups excluding carboxylic acids is 1. The second-order valence-corrected chi connectivity index (χ2v) is 13.1. The number of fused-ring (bicyclic) bond motifs is 2. The second kappa shape index (κ2) is 9.34. The molecule has 0 unspecified atom stereocenters. The highest BCUT2D eigenvalue weighted by atomic mass is 32.2. The Balaban J connectivity index is 1.11. The summed E-state index contributed by atoms with van der Waals surface area (Å²) in [6.45, 7) is 2.04. The van der Waals surface area contributed by atoms with Gasteiger partial charge in [0.2, 0.25) is 21.1 Å². The number of nitrogens with one attached hydrogen (secondary N) is 1. The number of carbonyl (C=O) groups is 1. The lowest BCUT2D eigenvalue weighted by atomic mass is 10.3. The monoisotopic (exact) mass is 544 g/mol. The molecule has 6 rings (SSSR count). The molecule has 11 nitrogen and oxygen atoms in total. The lowest BCUT2D eigenvalue weighted by Crippen LogP contribution is -2.50. The minimum absolute atomic E-state index is 0.163.